The van der Waals surface area contributed by atoms with Crippen molar-refractivity contribution in [3.05, 3.63) is 58.6 Å². The molecular weight excluding hydrogens is 318 g/mol. The molecule has 0 saturated heterocycles. The maximum absolute atomic E-state index is 10.2. The maximum atomic E-state index is 10.2. The van der Waals surface area contributed by atoms with Crippen LogP contribution >= 0.6 is 23.4 Å². The highest BCUT2D eigenvalue weighted by Gasteiger charge is 2.10. The minimum absolute atomic E-state index is 0.449. The van der Waals surface area contributed by atoms with E-state index in [0.29, 0.717) is 18.1 Å². The third-order valence-corrected chi connectivity index (χ3v) is 4.48. The van der Waals surface area contributed by atoms with Crippen molar-refractivity contribution in [1.29, 1.82) is 0 Å². The first-order chi connectivity index (χ1) is 10.7. The molecule has 2 N–H and O–H groups in total. The van der Waals surface area contributed by atoms with Gasteiger partial charge in [0.25, 0.3) is 0 Å². The van der Waals surface area contributed by atoms with E-state index in [2.05, 4.69) is 11.4 Å². The van der Waals surface area contributed by atoms with E-state index < -0.39 is 6.10 Å². The van der Waals surface area contributed by atoms with Gasteiger partial charge < -0.3 is 15.2 Å². The molecule has 0 bridgehead atoms. The van der Waals surface area contributed by atoms with Gasteiger partial charge in [0, 0.05) is 28.6 Å². The summed E-state index contributed by atoms with van der Waals surface area (Å²) in [4.78, 5) is 1.11. The molecule has 3 nitrogen and oxygen atoms in total. The summed E-state index contributed by atoms with van der Waals surface area (Å²) in [6.07, 6.45) is 1.41. The number of rotatable bonds is 7. The lowest BCUT2D eigenvalue weighted by Gasteiger charge is -2.14. The van der Waals surface area contributed by atoms with Crippen LogP contribution in [0.5, 0.6) is 5.75 Å². The zero-order chi connectivity index (χ0) is 15.9. The van der Waals surface area contributed by atoms with Gasteiger partial charge in [0.15, 0.2) is 0 Å². The van der Waals surface area contributed by atoms with Gasteiger partial charge in [-0.1, -0.05) is 35.9 Å². The van der Waals surface area contributed by atoms with Crippen molar-refractivity contribution in [2.75, 3.05) is 19.9 Å². The smallest absolute Gasteiger partial charge is 0.132 e. The highest BCUT2D eigenvalue weighted by atomic mass is 35.5. The standard InChI is InChI=1S/C17H20ClNO2S/c1-21-16-8-7-12(9-17(16)22-2)10-19-11-15(20)13-5-3-4-6-14(13)18/h3-9,15,19-20H,10-11H2,1-2H3. The summed E-state index contributed by atoms with van der Waals surface area (Å²) in [5, 5.41) is 14.0. The molecule has 2 aromatic rings. The van der Waals surface area contributed by atoms with Crippen molar-refractivity contribution in [3.63, 3.8) is 0 Å². The fourth-order valence-electron chi connectivity index (χ4n) is 2.20. The lowest BCUT2D eigenvalue weighted by molar-refractivity contribution is 0.174. The molecule has 2 aromatic carbocycles. The van der Waals surface area contributed by atoms with E-state index in [4.69, 9.17) is 16.3 Å². The molecule has 0 heterocycles. The van der Waals surface area contributed by atoms with E-state index in [9.17, 15) is 5.11 Å². The van der Waals surface area contributed by atoms with E-state index in [-0.39, 0.29) is 0 Å². The van der Waals surface area contributed by atoms with Crippen LogP contribution in [0.3, 0.4) is 0 Å². The lowest BCUT2D eigenvalue weighted by Crippen LogP contribution is -2.21. The minimum atomic E-state index is -0.619. The molecule has 0 aliphatic carbocycles. The van der Waals surface area contributed by atoms with Gasteiger partial charge in [-0.2, -0.15) is 0 Å². The third-order valence-electron chi connectivity index (χ3n) is 3.38. The predicted octanol–water partition coefficient (Wildman–Crippen LogP) is 3.89. The van der Waals surface area contributed by atoms with Gasteiger partial charge in [-0.15, -0.1) is 11.8 Å². The molecule has 118 valence electrons. The summed E-state index contributed by atoms with van der Waals surface area (Å²) in [5.41, 5.74) is 1.90. The number of halogens is 1. The number of ether oxygens (including phenoxy) is 1. The van der Waals surface area contributed by atoms with Crippen LogP contribution in [-0.2, 0) is 6.54 Å². The Morgan fingerprint density at radius 2 is 2.05 bits per heavy atom. The SMILES string of the molecule is COc1ccc(CNCC(O)c2ccccc2Cl)cc1SC. The second-order valence-corrected chi connectivity index (χ2v) is 6.11. The Balaban J connectivity index is 1.92. The Kier molecular flexibility index (Phi) is 6.58. The van der Waals surface area contributed by atoms with Crippen molar-refractivity contribution < 1.29 is 9.84 Å². The number of hydrogen-bond donors (Lipinski definition) is 2. The van der Waals surface area contributed by atoms with Gasteiger partial charge in [-0.3, -0.25) is 0 Å². The predicted molar refractivity (Wildman–Crippen MR) is 92.9 cm³/mol. The summed E-state index contributed by atoms with van der Waals surface area (Å²) in [7, 11) is 1.67. The van der Waals surface area contributed by atoms with Gasteiger partial charge >= 0.3 is 0 Å². The molecule has 5 heteroatoms. The monoisotopic (exact) mass is 337 g/mol. The van der Waals surface area contributed by atoms with E-state index >= 15 is 0 Å². The quantitative estimate of drug-likeness (QED) is 0.752. The van der Waals surface area contributed by atoms with E-state index in [1.807, 2.05) is 36.6 Å². The van der Waals surface area contributed by atoms with Crippen LogP contribution in [0.15, 0.2) is 47.4 Å². The summed E-state index contributed by atoms with van der Waals surface area (Å²) in [5.74, 6) is 0.882. The van der Waals surface area contributed by atoms with Gasteiger partial charge in [0.1, 0.15) is 5.75 Å². The van der Waals surface area contributed by atoms with E-state index in [1.165, 1.54) is 0 Å². The molecular formula is C17H20ClNO2S. The second kappa shape index (κ2) is 8.44. The van der Waals surface area contributed by atoms with Gasteiger partial charge in [-0.25, -0.2) is 0 Å². The summed E-state index contributed by atoms with van der Waals surface area (Å²) >= 11 is 7.74. The number of thioether (sulfide) groups is 1. The van der Waals surface area contributed by atoms with Gasteiger partial charge in [-0.05, 0) is 30.0 Å². The van der Waals surface area contributed by atoms with E-state index in [0.717, 1.165) is 21.8 Å². The largest absolute Gasteiger partial charge is 0.496 e. The molecule has 0 aliphatic rings. The van der Waals surface area contributed by atoms with Crippen LogP contribution in [0, 0.1) is 0 Å². The number of aliphatic hydroxyl groups excluding tert-OH is 1. The van der Waals surface area contributed by atoms with Crippen LogP contribution in [0.4, 0.5) is 0 Å². The van der Waals surface area contributed by atoms with Crippen LogP contribution in [-0.4, -0.2) is 25.0 Å². The zero-order valence-electron chi connectivity index (χ0n) is 12.7. The molecule has 0 saturated carbocycles. The average Bonchev–Trinajstić information content (AvgIpc) is 2.55. The maximum Gasteiger partial charge on any atom is 0.132 e. The van der Waals surface area contributed by atoms with Crippen molar-refractivity contribution in [1.82, 2.24) is 5.32 Å². The highest BCUT2D eigenvalue weighted by Crippen LogP contribution is 2.28. The van der Waals surface area contributed by atoms with Crippen LogP contribution in [0.25, 0.3) is 0 Å². The number of nitrogens with one attached hydrogen (secondary N) is 1. The number of benzene rings is 2. The lowest BCUT2D eigenvalue weighted by atomic mass is 10.1. The highest BCUT2D eigenvalue weighted by molar-refractivity contribution is 7.98. The van der Waals surface area contributed by atoms with Crippen LogP contribution < -0.4 is 10.1 Å². The van der Waals surface area contributed by atoms with Gasteiger partial charge in [0.05, 0.1) is 13.2 Å². The Morgan fingerprint density at radius 3 is 2.73 bits per heavy atom. The van der Waals surface area contributed by atoms with E-state index in [1.54, 1.807) is 24.9 Å². The van der Waals surface area contributed by atoms with Crippen molar-refractivity contribution in [2.24, 2.45) is 0 Å². The Hall–Kier alpha value is -1.20. The zero-order valence-corrected chi connectivity index (χ0v) is 14.2. The number of methoxy groups -OCH3 is 1. The first-order valence-electron chi connectivity index (χ1n) is 6.99. The molecule has 0 amide bonds. The Morgan fingerprint density at radius 1 is 1.27 bits per heavy atom. The van der Waals surface area contributed by atoms with Crippen molar-refractivity contribution in [2.45, 2.75) is 17.5 Å². The van der Waals surface area contributed by atoms with Crippen molar-refractivity contribution >= 4 is 23.4 Å². The van der Waals surface area contributed by atoms with Crippen LogP contribution in [0.1, 0.15) is 17.2 Å². The molecule has 0 aromatic heterocycles. The topological polar surface area (TPSA) is 41.5 Å². The molecule has 0 radical (unpaired) electrons. The summed E-state index contributed by atoms with van der Waals surface area (Å²) in [6, 6.07) is 13.4. The molecule has 2 rings (SSSR count). The van der Waals surface area contributed by atoms with Gasteiger partial charge in [0.2, 0.25) is 0 Å². The fourth-order valence-corrected chi connectivity index (χ4v) is 3.08. The summed E-state index contributed by atoms with van der Waals surface area (Å²) < 4.78 is 5.31. The molecule has 1 unspecified atom stereocenters. The normalized spacial score (nSPS) is 12.2. The Labute approximate surface area is 140 Å². The third kappa shape index (κ3) is 4.40. The fraction of sp³-hybridized carbons (Fsp3) is 0.294. The summed E-state index contributed by atoms with van der Waals surface area (Å²) in [6.45, 7) is 1.13. The van der Waals surface area contributed by atoms with Crippen LogP contribution in [0.2, 0.25) is 5.02 Å². The molecule has 1 atom stereocenters. The number of aliphatic hydroxyl groups is 1. The molecule has 22 heavy (non-hydrogen) atoms. The average molecular weight is 338 g/mol. The van der Waals surface area contributed by atoms with Crippen molar-refractivity contribution in [3.8, 4) is 5.75 Å². The minimum Gasteiger partial charge on any atom is -0.496 e. The first kappa shape index (κ1) is 17.2. The number of hydrogen-bond acceptors (Lipinski definition) is 4. The molecule has 0 aliphatic heterocycles. The molecule has 0 fully saturated rings. The molecule has 0 spiro atoms. The Bertz CT molecular complexity index is 621. The second-order valence-electron chi connectivity index (χ2n) is 4.86. The first-order valence-corrected chi connectivity index (χ1v) is 8.60.